The van der Waals surface area contributed by atoms with E-state index in [0.29, 0.717) is 40.2 Å². The van der Waals surface area contributed by atoms with Crippen LogP contribution in [0.5, 0.6) is 5.75 Å². The third-order valence-electron chi connectivity index (χ3n) is 3.81. The first-order valence-electron chi connectivity index (χ1n) is 8.94. The van der Waals surface area contributed by atoms with Gasteiger partial charge in [-0.1, -0.05) is 29.0 Å². The number of anilines is 1. The van der Waals surface area contributed by atoms with E-state index in [1.807, 2.05) is 0 Å². The maximum atomic E-state index is 12.5. The van der Waals surface area contributed by atoms with Gasteiger partial charge < -0.3 is 20.1 Å². The number of ether oxygens (including phenoxy) is 2. The van der Waals surface area contributed by atoms with Crippen molar-refractivity contribution in [2.24, 2.45) is 0 Å². The number of benzene rings is 2. The number of rotatable bonds is 9. The van der Waals surface area contributed by atoms with Gasteiger partial charge in [0, 0.05) is 29.9 Å². The summed E-state index contributed by atoms with van der Waals surface area (Å²) in [6.45, 7) is 1.00. The van der Waals surface area contributed by atoms with Crippen LogP contribution in [0.1, 0.15) is 25.2 Å². The Hall–Kier alpha value is -3.01. The number of aromatic nitrogens is 2. The van der Waals surface area contributed by atoms with Gasteiger partial charge in [-0.15, -0.1) is 10.2 Å². The van der Waals surface area contributed by atoms with Crippen molar-refractivity contribution in [3.8, 4) is 5.75 Å². The quantitative estimate of drug-likeness (QED) is 0.488. The average molecular weight is 447 g/mol. The summed E-state index contributed by atoms with van der Waals surface area (Å²) in [5, 5.41) is 14.7. The highest BCUT2D eigenvalue weighted by atomic mass is 35.5. The standard InChI is InChI=1S/C20H19ClN4O4S/c1-28-10-9-22-18(26)13-3-2-4-15(11-13)23-19(27)20-25-24-17(30-20)12-29-16-7-5-14(21)6-8-16/h2-8,11H,9-10,12H2,1H3,(H,22,26)(H,23,27). The molecule has 8 nitrogen and oxygen atoms in total. The number of hydrogen-bond acceptors (Lipinski definition) is 7. The molecule has 1 heterocycles. The summed E-state index contributed by atoms with van der Waals surface area (Å²) >= 11 is 6.97. The molecule has 3 rings (SSSR count). The van der Waals surface area contributed by atoms with Crippen molar-refractivity contribution in [1.82, 2.24) is 15.5 Å². The summed E-state index contributed by atoms with van der Waals surface area (Å²) in [5.41, 5.74) is 0.909. The second-order valence-corrected chi connectivity index (χ2v) is 7.53. The van der Waals surface area contributed by atoms with Gasteiger partial charge >= 0.3 is 0 Å². The van der Waals surface area contributed by atoms with Crippen LogP contribution in [0.25, 0.3) is 0 Å². The second kappa shape index (κ2) is 10.7. The lowest BCUT2D eigenvalue weighted by molar-refractivity contribution is 0.0936. The molecule has 1 aromatic heterocycles. The Labute approximate surface area is 182 Å². The first-order chi connectivity index (χ1) is 14.5. The zero-order valence-electron chi connectivity index (χ0n) is 16.1. The smallest absolute Gasteiger partial charge is 0.286 e. The van der Waals surface area contributed by atoms with E-state index in [1.165, 1.54) is 0 Å². The van der Waals surface area contributed by atoms with E-state index in [9.17, 15) is 9.59 Å². The molecule has 0 aliphatic rings. The van der Waals surface area contributed by atoms with Crippen molar-refractivity contribution in [3.05, 3.63) is 69.1 Å². The van der Waals surface area contributed by atoms with Gasteiger partial charge in [0.1, 0.15) is 12.4 Å². The zero-order valence-corrected chi connectivity index (χ0v) is 17.6. The molecule has 3 aromatic rings. The minimum atomic E-state index is -0.415. The molecule has 30 heavy (non-hydrogen) atoms. The summed E-state index contributed by atoms with van der Waals surface area (Å²) in [4.78, 5) is 24.6. The van der Waals surface area contributed by atoms with E-state index in [1.54, 1.807) is 55.6 Å². The number of hydrogen-bond donors (Lipinski definition) is 2. The van der Waals surface area contributed by atoms with Crippen LogP contribution in [0.4, 0.5) is 5.69 Å². The number of methoxy groups -OCH3 is 1. The largest absolute Gasteiger partial charge is 0.486 e. The highest BCUT2D eigenvalue weighted by Crippen LogP contribution is 2.19. The van der Waals surface area contributed by atoms with E-state index in [-0.39, 0.29) is 17.5 Å². The minimum absolute atomic E-state index is 0.184. The fourth-order valence-corrected chi connectivity index (χ4v) is 3.15. The predicted molar refractivity (Wildman–Crippen MR) is 114 cm³/mol. The van der Waals surface area contributed by atoms with Gasteiger partial charge in [-0.2, -0.15) is 0 Å². The number of amides is 2. The lowest BCUT2D eigenvalue weighted by Gasteiger charge is -2.07. The monoisotopic (exact) mass is 446 g/mol. The number of nitrogens with zero attached hydrogens (tertiary/aromatic N) is 2. The van der Waals surface area contributed by atoms with E-state index < -0.39 is 5.91 Å². The lowest BCUT2D eigenvalue weighted by atomic mass is 10.2. The van der Waals surface area contributed by atoms with Crippen LogP contribution in [-0.2, 0) is 11.3 Å². The number of carbonyl (C=O) groups excluding carboxylic acids is 2. The summed E-state index contributed by atoms with van der Waals surface area (Å²) in [5.74, 6) is -0.0240. The van der Waals surface area contributed by atoms with Crippen LogP contribution >= 0.6 is 22.9 Å². The molecule has 0 saturated carbocycles. The van der Waals surface area contributed by atoms with Crippen molar-refractivity contribution in [3.63, 3.8) is 0 Å². The molecule has 2 aromatic carbocycles. The summed E-state index contributed by atoms with van der Waals surface area (Å²) in [6.07, 6.45) is 0. The Morgan fingerprint density at radius 3 is 2.67 bits per heavy atom. The zero-order chi connectivity index (χ0) is 21.3. The second-order valence-electron chi connectivity index (χ2n) is 6.03. The molecule has 156 valence electrons. The highest BCUT2D eigenvalue weighted by molar-refractivity contribution is 7.13. The lowest BCUT2D eigenvalue weighted by Crippen LogP contribution is -2.27. The highest BCUT2D eigenvalue weighted by Gasteiger charge is 2.14. The van der Waals surface area contributed by atoms with E-state index in [0.717, 1.165) is 11.3 Å². The molecule has 2 N–H and O–H groups in total. The molecule has 0 saturated heterocycles. The number of nitrogens with one attached hydrogen (secondary N) is 2. The van der Waals surface area contributed by atoms with Gasteiger partial charge in [0.05, 0.1) is 6.61 Å². The Bertz CT molecular complexity index is 1010. The van der Waals surface area contributed by atoms with Crippen LogP contribution in [0.3, 0.4) is 0 Å². The first-order valence-corrected chi connectivity index (χ1v) is 10.1. The van der Waals surface area contributed by atoms with Crippen molar-refractivity contribution in [2.75, 3.05) is 25.6 Å². The number of halogens is 1. The van der Waals surface area contributed by atoms with Gasteiger partial charge in [0.15, 0.2) is 5.01 Å². The average Bonchev–Trinajstić information content (AvgIpc) is 3.23. The van der Waals surface area contributed by atoms with E-state index >= 15 is 0 Å². The summed E-state index contributed by atoms with van der Waals surface area (Å²) in [6, 6.07) is 13.6. The fraction of sp³-hybridized carbons (Fsp3) is 0.200. The Balaban J connectivity index is 1.56. The van der Waals surface area contributed by atoms with Crippen LogP contribution < -0.4 is 15.4 Å². The molecule has 10 heteroatoms. The van der Waals surface area contributed by atoms with Gasteiger partial charge in [0.25, 0.3) is 11.8 Å². The maximum absolute atomic E-state index is 12.5. The molecule has 0 atom stereocenters. The van der Waals surface area contributed by atoms with Gasteiger partial charge in [-0.25, -0.2) is 0 Å². The molecular formula is C20H19ClN4O4S. The van der Waals surface area contributed by atoms with Crippen LogP contribution in [0.2, 0.25) is 5.02 Å². The van der Waals surface area contributed by atoms with Crippen LogP contribution in [0.15, 0.2) is 48.5 Å². The van der Waals surface area contributed by atoms with Crippen LogP contribution in [-0.4, -0.2) is 42.3 Å². The molecule has 0 aliphatic carbocycles. The molecule has 0 fully saturated rings. The van der Waals surface area contributed by atoms with Gasteiger partial charge in [0.2, 0.25) is 5.01 Å². The Kier molecular flexibility index (Phi) is 7.72. The normalized spacial score (nSPS) is 10.5. The SMILES string of the molecule is COCCNC(=O)c1cccc(NC(=O)c2nnc(COc3ccc(Cl)cc3)s2)c1. The molecule has 0 spiro atoms. The van der Waals surface area contributed by atoms with Crippen LogP contribution in [0, 0.1) is 0 Å². The Morgan fingerprint density at radius 2 is 1.90 bits per heavy atom. The third-order valence-corrected chi connectivity index (χ3v) is 4.96. The molecule has 2 amide bonds. The molecule has 0 radical (unpaired) electrons. The van der Waals surface area contributed by atoms with Crippen molar-refractivity contribution in [2.45, 2.75) is 6.61 Å². The maximum Gasteiger partial charge on any atom is 0.286 e. The van der Waals surface area contributed by atoms with Crippen molar-refractivity contribution >= 4 is 40.4 Å². The summed E-state index contributed by atoms with van der Waals surface area (Å²) < 4.78 is 10.5. The fourth-order valence-electron chi connectivity index (χ4n) is 2.37. The van der Waals surface area contributed by atoms with Crippen molar-refractivity contribution in [1.29, 1.82) is 0 Å². The number of carbonyl (C=O) groups is 2. The third kappa shape index (κ3) is 6.24. The summed E-state index contributed by atoms with van der Waals surface area (Å²) in [7, 11) is 1.56. The molecule has 0 bridgehead atoms. The molecular weight excluding hydrogens is 428 g/mol. The first kappa shape index (κ1) is 21.7. The minimum Gasteiger partial charge on any atom is -0.486 e. The van der Waals surface area contributed by atoms with E-state index in [4.69, 9.17) is 21.1 Å². The van der Waals surface area contributed by atoms with E-state index in [2.05, 4.69) is 20.8 Å². The Morgan fingerprint density at radius 1 is 1.10 bits per heavy atom. The van der Waals surface area contributed by atoms with Crippen molar-refractivity contribution < 1.29 is 19.1 Å². The van der Waals surface area contributed by atoms with Gasteiger partial charge in [-0.3, -0.25) is 9.59 Å². The predicted octanol–water partition coefficient (Wildman–Crippen LogP) is 3.40. The topological polar surface area (TPSA) is 102 Å². The van der Waals surface area contributed by atoms with Gasteiger partial charge in [-0.05, 0) is 42.5 Å². The molecule has 0 unspecified atom stereocenters. The molecule has 0 aliphatic heterocycles.